The van der Waals surface area contributed by atoms with E-state index in [1.807, 2.05) is 65.9 Å². The van der Waals surface area contributed by atoms with Gasteiger partial charge in [-0.05, 0) is 42.3 Å². The summed E-state index contributed by atoms with van der Waals surface area (Å²) in [5.74, 6) is 1.01. The van der Waals surface area contributed by atoms with Crippen molar-refractivity contribution in [3.05, 3.63) is 111 Å². The molecule has 5 aromatic rings. The van der Waals surface area contributed by atoms with Crippen LogP contribution in [-0.2, 0) is 24.3 Å². The van der Waals surface area contributed by atoms with Crippen molar-refractivity contribution in [2.45, 2.75) is 32.9 Å². The Morgan fingerprint density at radius 1 is 0.943 bits per heavy atom. The van der Waals surface area contributed by atoms with E-state index >= 15 is 0 Å². The van der Waals surface area contributed by atoms with Crippen LogP contribution < -0.4 is 10.9 Å². The van der Waals surface area contributed by atoms with Crippen LogP contribution in [0.3, 0.4) is 0 Å². The van der Waals surface area contributed by atoms with Gasteiger partial charge in [0.05, 0.1) is 17.4 Å². The lowest BCUT2D eigenvalue weighted by atomic mass is 10.1. The number of nitrogens with zero attached hydrogens (tertiary/aromatic N) is 4. The lowest BCUT2D eigenvalue weighted by molar-refractivity contribution is -0.121. The molecule has 7 nitrogen and oxygen atoms in total. The summed E-state index contributed by atoms with van der Waals surface area (Å²) < 4.78 is 3.49. The number of hydrogen-bond acceptors (Lipinski definition) is 4. The highest BCUT2D eigenvalue weighted by Crippen LogP contribution is 2.17. The minimum atomic E-state index is -0.141. The molecule has 0 aliphatic rings. The van der Waals surface area contributed by atoms with Gasteiger partial charge in [0.1, 0.15) is 5.82 Å². The Morgan fingerprint density at radius 2 is 1.66 bits per heavy atom. The number of benzene rings is 3. The fourth-order valence-electron chi connectivity index (χ4n) is 4.11. The quantitative estimate of drug-likeness (QED) is 0.372. The molecule has 0 atom stereocenters. The Hall–Kier alpha value is -3.97. The van der Waals surface area contributed by atoms with Crippen LogP contribution in [0.4, 0.5) is 0 Å². The first-order valence-corrected chi connectivity index (χ1v) is 11.8. The van der Waals surface area contributed by atoms with Crippen LogP contribution in [0.25, 0.3) is 16.7 Å². The molecule has 8 heteroatoms. The molecule has 0 aliphatic heterocycles. The van der Waals surface area contributed by atoms with Gasteiger partial charge in [-0.2, -0.15) is 0 Å². The second-order valence-electron chi connectivity index (χ2n) is 8.55. The van der Waals surface area contributed by atoms with Gasteiger partial charge in [-0.25, -0.2) is 0 Å². The van der Waals surface area contributed by atoms with Crippen LogP contribution in [0.5, 0.6) is 0 Å². The van der Waals surface area contributed by atoms with Gasteiger partial charge in [-0.3, -0.25) is 18.6 Å². The zero-order valence-electron chi connectivity index (χ0n) is 19.2. The number of amides is 1. The van der Waals surface area contributed by atoms with Crippen molar-refractivity contribution in [3.63, 3.8) is 0 Å². The molecule has 1 N–H and O–H groups in total. The van der Waals surface area contributed by atoms with E-state index in [4.69, 9.17) is 11.6 Å². The molecule has 0 aliphatic carbocycles. The number of fused-ring (bicyclic) bond motifs is 3. The van der Waals surface area contributed by atoms with Gasteiger partial charge in [0.25, 0.3) is 5.56 Å². The molecule has 1 amide bonds. The highest BCUT2D eigenvalue weighted by molar-refractivity contribution is 6.30. The van der Waals surface area contributed by atoms with Gasteiger partial charge in [0.2, 0.25) is 11.7 Å². The van der Waals surface area contributed by atoms with E-state index in [2.05, 4.69) is 15.5 Å². The third-order valence-corrected chi connectivity index (χ3v) is 6.27. The molecule has 3 aromatic carbocycles. The summed E-state index contributed by atoms with van der Waals surface area (Å²) in [5.41, 5.74) is 3.74. The normalized spacial score (nSPS) is 11.3. The second-order valence-corrected chi connectivity index (χ2v) is 8.99. The Labute approximate surface area is 207 Å². The van der Waals surface area contributed by atoms with Crippen LogP contribution in [0.15, 0.2) is 77.6 Å². The van der Waals surface area contributed by atoms with Gasteiger partial charge in [-0.15, -0.1) is 10.2 Å². The largest absolute Gasteiger partial charge is 0.352 e. The molecule has 2 heterocycles. The maximum absolute atomic E-state index is 13.3. The van der Waals surface area contributed by atoms with E-state index in [-0.39, 0.29) is 17.9 Å². The summed E-state index contributed by atoms with van der Waals surface area (Å²) in [5, 5.41) is 12.9. The summed E-state index contributed by atoms with van der Waals surface area (Å²) in [4.78, 5) is 25.9. The Kier molecular flexibility index (Phi) is 6.33. The maximum Gasteiger partial charge on any atom is 0.263 e. The molecule has 5 rings (SSSR count). The number of para-hydroxylation sites is 1. The van der Waals surface area contributed by atoms with Gasteiger partial charge < -0.3 is 5.32 Å². The smallest absolute Gasteiger partial charge is 0.263 e. The predicted octanol–water partition coefficient (Wildman–Crippen LogP) is 4.30. The molecule has 0 spiro atoms. The van der Waals surface area contributed by atoms with Crippen molar-refractivity contribution in [2.24, 2.45) is 0 Å². The Morgan fingerprint density at radius 3 is 2.43 bits per heavy atom. The molecule has 0 bridgehead atoms. The number of carbonyl (C=O) groups excluding carboxylic acids is 1. The highest BCUT2D eigenvalue weighted by Gasteiger charge is 2.17. The van der Waals surface area contributed by atoms with Crippen LogP contribution in [0, 0.1) is 6.92 Å². The van der Waals surface area contributed by atoms with Gasteiger partial charge in [-0.1, -0.05) is 65.7 Å². The minimum Gasteiger partial charge on any atom is -0.352 e. The molecule has 0 saturated carbocycles. The highest BCUT2D eigenvalue weighted by atomic mass is 35.5. The zero-order chi connectivity index (χ0) is 24.4. The van der Waals surface area contributed by atoms with E-state index < -0.39 is 0 Å². The van der Waals surface area contributed by atoms with Crippen molar-refractivity contribution in [1.82, 2.24) is 24.5 Å². The second kappa shape index (κ2) is 9.72. The third-order valence-electron chi connectivity index (χ3n) is 6.01. The van der Waals surface area contributed by atoms with E-state index in [9.17, 15) is 9.59 Å². The van der Waals surface area contributed by atoms with Gasteiger partial charge in [0, 0.05) is 24.4 Å². The number of aromatic nitrogens is 4. The molecular formula is C27H24ClN5O2. The molecule has 35 heavy (non-hydrogen) atoms. The number of carbonyl (C=O) groups is 1. The number of rotatable bonds is 7. The summed E-state index contributed by atoms with van der Waals surface area (Å²) in [6.45, 7) is 2.84. The minimum absolute atomic E-state index is 0.0684. The number of aryl methyl sites for hydroxylation is 2. The van der Waals surface area contributed by atoms with Crippen LogP contribution in [0.1, 0.15) is 28.9 Å². The third kappa shape index (κ3) is 4.81. The first-order valence-electron chi connectivity index (χ1n) is 11.4. The van der Waals surface area contributed by atoms with Crippen LogP contribution >= 0.6 is 11.6 Å². The van der Waals surface area contributed by atoms with Crippen molar-refractivity contribution in [2.75, 3.05) is 0 Å². The molecule has 0 radical (unpaired) electrons. The predicted molar refractivity (Wildman–Crippen MR) is 137 cm³/mol. The number of hydrogen-bond donors (Lipinski definition) is 1. The van der Waals surface area contributed by atoms with E-state index in [0.717, 1.165) is 16.6 Å². The SMILES string of the molecule is Cc1ccc(CNC(=O)CCc2nnc3n(Cc4ccc(Cl)cc4)c(=O)c4ccccc4n23)cc1. The lowest BCUT2D eigenvalue weighted by Gasteiger charge is -2.12. The van der Waals surface area contributed by atoms with Crippen molar-refractivity contribution in [1.29, 1.82) is 0 Å². The van der Waals surface area contributed by atoms with Crippen molar-refractivity contribution in [3.8, 4) is 0 Å². The van der Waals surface area contributed by atoms with E-state index in [1.165, 1.54) is 5.56 Å². The van der Waals surface area contributed by atoms with Crippen molar-refractivity contribution < 1.29 is 4.79 Å². The van der Waals surface area contributed by atoms with Crippen LogP contribution in [-0.4, -0.2) is 25.1 Å². The molecule has 0 fully saturated rings. The Bertz CT molecular complexity index is 1570. The summed E-state index contributed by atoms with van der Waals surface area (Å²) >= 11 is 6.02. The summed E-state index contributed by atoms with van der Waals surface area (Å²) in [6, 6.07) is 22.8. The average Bonchev–Trinajstić information content (AvgIpc) is 3.30. The number of nitrogens with one attached hydrogen (secondary N) is 1. The first-order chi connectivity index (χ1) is 17.0. The molecular weight excluding hydrogens is 462 g/mol. The monoisotopic (exact) mass is 485 g/mol. The number of halogens is 1. The fraction of sp³-hybridized carbons (Fsp3) is 0.185. The standard InChI is InChI=1S/C27H24ClN5O2/c1-18-6-8-19(9-7-18)16-29-25(34)15-14-24-30-31-27-32(17-20-10-12-21(28)13-11-20)26(35)22-4-2-3-5-23(22)33(24)27/h2-13H,14-17H2,1H3,(H,29,34). The Balaban J connectivity index is 1.42. The summed E-state index contributed by atoms with van der Waals surface area (Å²) in [6.07, 6.45) is 0.654. The van der Waals surface area contributed by atoms with E-state index in [0.29, 0.717) is 41.5 Å². The van der Waals surface area contributed by atoms with E-state index in [1.54, 1.807) is 22.8 Å². The van der Waals surface area contributed by atoms with Gasteiger partial charge >= 0.3 is 0 Å². The average molecular weight is 486 g/mol. The maximum atomic E-state index is 13.3. The first kappa shape index (κ1) is 22.8. The lowest BCUT2D eigenvalue weighted by Crippen LogP contribution is -2.25. The summed E-state index contributed by atoms with van der Waals surface area (Å²) in [7, 11) is 0. The van der Waals surface area contributed by atoms with Gasteiger partial charge in [0.15, 0.2) is 0 Å². The van der Waals surface area contributed by atoms with Crippen molar-refractivity contribution >= 4 is 34.2 Å². The zero-order valence-corrected chi connectivity index (χ0v) is 20.0. The fourth-order valence-corrected chi connectivity index (χ4v) is 4.24. The molecule has 2 aromatic heterocycles. The molecule has 176 valence electrons. The molecule has 0 unspecified atom stereocenters. The topological polar surface area (TPSA) is 81.3 Å². The van der Waals surface area contributed by atoms with Crippen LogP contribution in [0.2, 0.25) is 5.02 Å². The molecule has 0 saturated heterocycles.